The van der Waals surface area contributed by atoms with E-state index in [9.17, 15) is 4.39 Å². The third-order valence-electron chi connectivity index (χ3n) is 3.92. The number of hydrogen-bond donors (Lipinski definition) is 1. The second-order valence-corrected chi connectivity index (χ2v) is 6.76. The first-order chi connectivity index (χ1) is 9.47. The molecule has 0 aromatic heterocycles. The summed E-state index contributed by atoms with van der Waals surface area (Å²) < 4.78 is 18.6. The lowest BCUT2D eigenvalue weighted by Crippen LogP contribution is -2.39. The molecule has 1 heterocycles. The predicted octanol–water partition coefficient (Wildman–Crippen LogP) is 4.07. The number of rotatable bonds is 3. The van der Waals surface area contributed by atoms with Crippen LogP contribution in [0.4, 0.5) is 4.39 Å². The summed E-state index contributed by atoms with van der Waals surface area (Å²) in [5.74, 6) is -0.177. The molecular formula is C17H26FNO. The van der Waals surface area contributed by atoms with Gasteiger partial charge in [-0.05, 0) is 42.4 Å². The lowest BCUT2D eigenvalue weighted by atomic mass is 9.81. The SMILES string of the molecule is CC(C)(C)C(NC1CCCOCC1)c1ccc(F)cc1. The molecule has 0 amide bonds. The molecule has 1 aliphatic heterocycles. The van der Waals surface area contributed by atoms with Gasteiger partial charge in [0.15, 0.2) is 0 Å². The van der Waals surface area contributed by atoms with E-state index in [-0.39, 0.29) is 17.3 Å². The number of halogens is 1. The molecule has 2 rings (SSSR count). The largest absolute Gasteiger partial charge is 0.381 e. The van der Waals surface area contributed by atoms with Crippen molar-refractivity contribution in [1.29, 1.82) is 0 Å². The zero-order chi connectivity index (χ0) is 14.6. The van der Waals surface area contributed by atoms with Crippen molar-refractivity contribution in [3.8, 4) is 0 Å². The molecule has 0 bridgehead atoms. The van der Waals surface area contributed by atoms with Gasteiger partial charge in [0.05, 0.1) is 0 Å². The summed E-state index contributed by atoms with van der Waals surface area (Å²) >= 11 is 0. The molecule has 2 atom stereocenters. The number of hydrogen-bond acceptors (Lipinski definition) is 2. The maximum atomic E-state index is 13.1. The van der Waals surface area contributed by atoms with Crippen molar-refractivity contribution in [3.05, 3.63) is 35.6 Å². The highest BCUT2D eigenvalue weighted by Gasteiger charge is 2.28. The van der Waals surface area contributed by atoms with Gasteiger partial charge in [0, 0.05) is 25.3 Å². The van der Waals surface area contributed by atoms with E-state index in [1.54, 1.807) is 12.1 Å². The van der Waals surface area contributed by atoms with Crippen molar-refractivity contribution >= 4 is 0 Å². The van der Waals surface area contributed by atoms with E-state index in [0.717, 1.165) is 38.0 Å². The van der Waals surface area contributed by atoms with Crippen LogP contribution in [0.25, 0.3) is 0 Å². The first-order valence-corrected chi connectivity index (χ1v) is 7.56. The van der Waals surface area contributed by atoms with Gasteiger partial charge >= 0.3 is 0 Å². The molecule has 1 aliphatic rings. The highest BCUT2D eigenvalue weighted by molar-refractivity contribution is 5.22. The Morgan fingerprint density at radius 2 is 1.85 bits per heavy atom. The molecule has 112 valence electrons. The van der Waals surface area contributed by atoms with Crippen LogP contribution in [0.15, 0.2) is 24.3 Å². The third kappa shape index (κ3) is 4.29. The summed E-state index contributed by atoms with van der Waals surface area (Å²) in [6.45, 7) is 8.37. The first-order valence-electron chi connectivity index (χ1n) is 7.56. The normalized spacial score (nSPS) is 22.3. The quantitative estimate of drug-likeness (QED) is 0.900. The van der Waals surface area contributed by atoms with E-state index in [0.29, 0.717) is 6.04 Å². The predicted molar refractivity (Wildman–Crippen MR) is 80.2 cm³/mol. The average molecular weight is 279 g/mol. The van der Waals surface area contributed by atoms with Crippen molar-refractivity contribution < 1.29 is 9.13 Å². The lowest BCUT2D eigenvalue weighted by molar-refractivity contribution is 0.140. The van der Waals surface area contributed by atoms with Crippen molar-refractivity contribution in [2.24, 2.45) is 5.41 Å². The number of nitrogens with one attached hydrogen (secondary N) is 1. The molecular weight excluding hydrogens is 253 g/mol. The zero-order valence-corrected chi connectivity index (χ0v) is 12.8. The van der Waals surface area contributed by atoms with Crippen LogP contribution < -0.4 is 5.32 Å². The number of ether oxygens (including phenoxy) is 1. The van der Waals surface area contributed by atoms with Gasteiger partial charge in [0.2, 0.25) is 0 Å². The fraction of sp³-hybridized carbons (Fsp3) is 0.647. The summed E-state index contributed by atoms with van der Waals surface area (Å²) in [6.07, 6.45) is 3.31. The Balaban J connectivity index is 2.13. The van der Waals surface area contributed by atoms with Crippen LogP contribution in [0, 0.1) is 11.2 Å². The lowest BCUT2D eigenvalue weighted by Gasteiger charge is -2.35. The van der Waals surface area contributed by atoms with Crippen LogP contribution in [0.2, 0.25) is 0 Å². The fourth-order valence-corrected chi connectivity index (χ4v) is 2.81. The second kappa shape index (κ2) is 6.68. The molecule has 2 unspecified atom stereocenters. The smallest absolute Gasteiger partial charge is 0.123 e. The van der Waals surface area contributed by atoms with Crippen LogP contribution >= 0.6 is 0 Å². The number of benzene rings is 1. The van der Waals surface area contributed by atoms with E-state index >= 15 is 0 Å². The van der Waals surface area contributed by atoms with Crippen LogP contribution in [0.1, 0.15) is 51.6 Å². The van der Waals surface area contributed by atoms with Gasteiger partial charge in [-0.2, -0.15) is 0 Å². The first kappa shape index (κ1) is 15.5. The van der Waals surface area contributed by atoms with E-state index in [1.807, 2.05) is 12.1 Å². The monoisotopic (exact) mass is 279 g/mol. The third-order valence-corrected chi connectivity index (χ3v) is 3.92. The van der Waals surface area contributed by atoms with Crippen molar-refractivity contribution in [1.82, 2.24) is 5.32 Å². The summed E-state index contributed by atoms with van der Waals surface area (Å²) in [7, 11) is 0. The standard InChI is InChI=1S/C17H26FNO/c1-17(2,3)16(13-6-8-14(18)9-7-13)19-15-5-4-11-20-12-10-15/h6-9,15-16,19H,4-5,10-12H2,1-3H3. The molecule has 0 saturated carbocycles. The van der Waals surface area contributed by atoms with Crippen LogP contribution in [-0.2, 0) is 4.74 Å². The van der Waals surface area contributed by atoms with Crippen LogP contribution in [0.5, 0.6) is 0 Å². The van der Waals surface area contributed by atoms with E-state index < -0.39 is 0 Å². The Labute approximate surface area is 121 Å². The summed E-state index contributed by atoms with van der Waals surface area (Å²) in [5.41, 5.74) is 1.24. The van der Waals surface area contributed by atoms with Gasteiger partial charge in [-0.3, -0.25) is 0 Å². The summed E-state index contributed by atoms with van der Waals surface area (Å²) in [5, 5.41) is 3.77. The zero-order valence-electron chi connectivity index (χ0n) is 12.8. The highest BCUT2D eigenvalue weighted by Crippen LogP contribution is 2.34. The molecule has 2 nitrogen and oxygen atoms in total. The van der Waals surface area contributed by atoms with Gasteiger partial charge < -0.3 is 10.1 Å². The van der Waals surface area contributed by atoms with Crippen LogP contribution in [-0.4, -0.2) is 19.3 Å². The minimum Gasteiger partial charge on any atom is -0.381 e. The maximum absolute atomic E-state index is 13.1. The molecule has 1 saturated heterocycles. The molecule has 1 aromatic carbocycles. The highest BCUT2D eigenvalue weighted by atomic mass is 19.1. The molecule has 20 heavy (non-hydrogen) atoms. The minimum absolute atomic E-state index is 0.0883. The average Bonchev–Trinajstić information content (AvgIpc) is 2.64. The molecule has 1 aromatic rings. The Morgan fingerprint density at radius 1 is 1.15 bits per heavy atom. The topological polar surface area (TPSA) is 21.3 Å². The maximum Gasteiger partial charge on any atom is 0.123 e. The molecule has 0 spiro atoms. The molecule has 1 fully saturated rings. The van der Waals surface area contributed by atoms with Gasteiger partial charge in [0.25, 0.3) is 0 Å². The Bertz CT molecular complexity index is 402. The van der Waals surface area contributed by atoms with Crippen molar-refractivity contribution in [2.75, 3.05) is 13.2 Å². The van der Waals surface area contributed by atoms with Crippen molar-refractivity contribution in [3.63, 3.8) is 0 Å². The Hall–Kier alpha value is -0.930. The fourth-order valence-electron chi connectivity index (χ4n) is 2.81. The summed E-state index contributed by atoms with van der Waals surface area (Å²) in [6, 6.07) is 7.59. The Kier molecular flexibility index (Phi) is 5.17. The molecule has 0 radical (unpaired) electrons. The molecule has 0 aliphatic carbocycles. The molecule has 3 heteroatoms. The second-order valence-electron chi connectivity index (χ2n) is 6.76. The summed E-state index contributed by atoms with van der Waals surface area (Å²) in [4.78, 5) is 0. The molecule has 1 N–H and O–H groups in total. The van der Waals surface area contributed by atoms with Gasteiger partial charge in [-0.15, -0.1) is 0 Å². The van der Waals surface area contributed by atoms with Gasteiger partial charge in [-0.25, -0.2) is 4.39 Å². The van der Waals surface area contributed by atoms with E-state index in [1.165, 1.54) is 0 Å². The minimum atomic E-state index is -0.177. The Morgan fingerprint density at radius 3 is 2.50 bits per heavy atom. The van der Waals surface area contributed by atoms with Crippen molar-refractivity contribution in [2.45, 2.75) is 52.1 Å². The van der Waals surface area contributed by atoms with Gasteiger partial charge in [0.1, 0.15) is 5.82 Å². The van der Waals surface area contributed by atoms with E-state index in [4.69, 9.17) is 4.74 Å². The van der Waals surface area contributed by atoms with Crippen LogP contribution in [0.3, 0.4) is 0 Å². The van der Waals surface area contributed by atoms with E-state index in [2.05, 4.69) is 26.1 Å². The van der Waals surface area contributed by atoms with Gasteiger partial charge in [-0.1, -0.05) is 32.9 Å².